The number of halogens is 4. The average Bonchev–Trinajstić information content (AvgIpc) is 1.62. The highest BCUT2D eigenvalue weighted by molar-refractivity contribution is 4.69. The van der Waals surface area contributed by atoms with Crippen molar-refractivity contribution < 1.29 is 17.7 Å². The van der Waals surface area contributed by atoms with E-state index in [-0.39, 0.29) is 0 Å². The SMILES string of the molecule is CC(N(F)F)C(C)(F)F. The fraction of sp³-hybridized carbons (Fsp3) is 1.00. The highest BCUT2D eigenvalue weighted by atomic mass is 19.4. The Morgan fingerprint density at radius 2 is 1.67 bits per heavy atom. The Hall–Kier alpha value is -0.320. The monoisotopic (exact) mass is 145 g/mol. The van der Waals surface area contributed by atoms with Crippen molar-refractivity contribution in [1.82, 2.24) is 5.34 Å². The minimum Gasteiger partial charge on any atom is -0.205 e. The van der Waals surface area contributed by atoms with Crippen LogP contribution < -0.4 is 0 Å². The van der Waals surface area contributed by atoms with Crippen molar-refractivity contribution in [2.24, 2.45) is 0 Å². The Labute approximate surface area is 50.1 Å². The Morgan fingerprint density at radius 3 is 1.67 bits per heavy atom. The zero-order valence-corrected chi connectivity index (χ0v) is 5.04. The number of rotatable bonds is 2. The van der Waals surface area contributed by atoms with Gasteiger partial charge in [0.2, 0.25) is 0 Å². The fourth-order valence-electron chi connectivity index (χ4n) is 0.171. The van der Waals surface area contributed by atoms with E-state index in [1.165, 1.54) is 0 Å². The summed E-state index contributed by atoms with van der Waals surface area (Å²) in [5.41, 5.74) is 0. The molecule has 0 rings (SSSR count). The molecule has 0 amide bonds. The Morgan fingerprint density at radius 1 is 1.33 bits per heavy atom. The quantitative estimate of drug-likeness (QED) is 0.424. The molecule has 0 aliphatic heterocycles. The van der Waals surface area contributed by atoms with Crippen LogP contribution in [0, 0.1) is 0 Å². The summed E-state index contributed by atoms with van der Waals surface area (Å²) in [6, 6.07) is -2.02. The van der Waals surface area contributed by atoms with Gasteiger partial charge in [0.25, 0.3) is 5.92 Å². The molecule has 1 nitrogen and oxygen atoms in total. The normalized spacial score (nSPS) is 16.3. The molecule has 0 heterocycles. The summed E-state index contributed by atoms with van der Waals surface area (Å²) in [6.07, 6.45) is 0. The van der Waals surface area contributed by atoms with Crippen molar-refractivity contribution in [3.05, 3.63) is 0 Å². The summed E-state index contributed by atoms with van der Waals surface area (Å²) in [7, 11) is 0. The molecule has 56 valence electrons. The molecule has 0 aliphatic carbocycles. The van der Waals surface area contributed by atoms with Gasteiger partial charge in [-0.25, -0.2) is 8.78 Å². The number of hydrogen-bond acceptors (Lipinski definition) is 1. The molecular weight excluding hydrogens is 138 g/mol. The second-order valence-electron chi connectivity index (χ2n) is 1.89. The van der Waals surface area contributed by atoms with Crippen LogP contribution in [0.5, 0.6) is 0 Å². The van der Waals surface area contributed by atoms with E-state index in [0.717, 1.165) is 6.92 Å². The van der Waals surface area contributed by atoms with Gasteiger partial charge < -0.3 is 0 Å². The third kappa shape index (κ3) is 2.64. The minimum absolute atomic E-state index is 0.448. The van der Waals surface area contributed by atoms with Crippen molar-refractivity contribution in [3.8, 4) is 0 Å². The molecule has 0 aromatic heterocycles. The van der Waals surface area contributed by atoms with Gasteiger partial charge in [-0.1, -0.05) is 0 Å². The van der Waals surface area contributed by atoms with Crippen molar-refractivity contribution in [3.63, 3.8) is 0 Å². The lowest BCUT2D eigenvalue weighted by atomic mass is 10.2. The van der Waals surface area contributed by atoms with Crippen LogP contribution in [0.1, 0.15) is 13.8 Å². The molecule has 5 heteroatoms. The molecule has 0 radical (unpaired) electrons. The summed E-state index contributed by atoms with van der Waals surface area (Å²) < 4.78 is 46.2. The van der Waals surface area contributed by atoms with Gasteiger partial charge in [-0.15, -0.1) is 8.96 Å². The fourth-order valence-corrected chi connectivity index (χ4v) is 0.171. The van der Waals surface area contributed by atoms with E-state index in [4.69, 9.17) is 0 Å². The Bertz CT molecular complexity index is 87.1. The third-order valence-corrected chi connectivity index (χ3v) is 1.03. The highest BCUT2D eigenvalue weighted by Gasteiger charge is 2.36. The second kappa shape index (κ2) is 2.51. The Balaban J connectivity index is 3.88. The maximum atomic E-state index is 11.8. The molecule has 9 heavy (non-hydrogen) atoms. The second-order valence-corrected chi connectivity index (χ2v) is 1.89. The van der Waals surface area contributed by atoms with Crippen LogP contribution in [0.25, 0.3) is 0 Å². The standard InChI is InChI=1S/C4H7F4N/c1-3(9(7)8)4(2,5)6/h3H,1-2H3. The smallest absolute Gasteiger partial charge is 0.205 e. The van der Waals surface area contributed by atoms with Crippen LogP contribution >= 0.6 is 0 Å². The van der Waals surface area contributed by atoms with E-state index < -0.39 is 17.3 Å². The number of nitrogens with zero attached hydrogens (tertiary/aromatic N) is 1. The molecule has 0 aromatic rings. The molecule has 0 saturated heterocycles. The Kier molecular flexibility index (Phi) is 2.42. The first kappa shape index (κ1) is 8.68. The van der Waals surface area contributed by atoms with Crippen molar-refractivity contribution in [2.45, 2.75) is 25.8 Å². The van der Waals surface area contributed by atoms with Gasteiger partial charge in [0, 0.05) is 12.3 Å². The largest absolute Gasteiger partial charge is 0.265 e. The topological polar surface area (TPSA) is 3.24 Å². The zero-order valence-electron chi connectivity index (χ0n) is 5.04. The van der Waals surface area contributed by atoms with Gasteiger partial charge in [-0.3, -0.25) is 0 Å². The summed E-state index contributed by atoms with van der Waals surface area (Å²) in [4.78, 5) is 0. The molecule has 1 atom stereocenters. The highest BCUT2D eigenvalue weighted by Crippen LogP contribution is 2.22. The summed E-state index contributed by atoms with van der Waals surface area (Å²) >= 11 is 0. The van der Waals surface area contributed by atoms with Crippen LogP contribution in [0.4, 0.5) is 17.7 Å². The summed E-state index contributed by atoms with van der Waals surface area (Å²) in [5, 5.41) is -1.50. The van der Waals surface area contributed by atoms with Crippen LogP contribution in [0.15, 0.2) is 0 Å². The molecule has 0 aromatic carbocycles. The molecule has 0 aliphatic rings. The van der Waals surface area contributed by atoms with E-state index in [9.17, 15) is 17.7 Å². The van der Waals surface area contributed by atoms with Crippen molar-refractivity contribution in [2.75, 3.05) is 0 Å². The van der Waals surface area contributed by atoms with Gasteiger partial charge in [0.15, 0.2) is 0 Å². The van der Waals surface area contributed by atoms with Gasteiger partial charge >= 0.3 is 0 Å². The van der Waals surface area contributed by atoms with Crippen molar-refractivity contribution in [1.29, 1.82) is 0 Å². The van der Waals surface area contributed by atoms with E-state index >= 15 is 0 Å². The first-order valence-electron chi connectivity index (χ1n) is 2.34. The van der Waals surface area contributed by atoms with Gasteiger partial charge in [0.05, 0.1) is 0 Å². The van der Waals surface area contributed by atoms with E-state index in [0.29, 0.717) is 6.92 Å². The summed E-state index contributed by atoms with van der Waals surface area (Å²) in [6.45, 7) is 1.20. The molecule has 0 N–H and O–H groups in total. The van der Waals surface area contributed by atoms with Gasteiger partial charge in [-0.05, 0) is 6.92 Å². The first-order valence-corrected chi connectivity index (χ1v) is 2.34. The van der Waals surface area contributed by atoms with Crippen LogP contribution in [-0.2, 0) is 0 Å². The predicted molar refractivity (Wildman–Crippen MR) is 24.1 cm³/mol. The van der Waals surface area contributed by atoms with E-state index in [1.807, 2.05) is 0 Å². The maximum absolute atomic E-state index is 11.8. The zero-order chi connectivity index (χ0) is 7.65. The molecule has 0 fully saturated rings. The van der Waals surface area contributed by atoms with Crippen molar-refractivity contribution >= 4 is 0 Å². The lowest BCUT2D eigenvalue weighted by Crippen LogP contribution is -2.35. The minimum atomic E-state index is -3.34. The molecule has 0 bridgehead atoms. The van der Waals surface area contributed by atoms with Crippen LogP contribution in [0.2, 0.25) is 0 Å². The molecule has 0 spiro atoms. The van der Waals surface area contributed by atoms with E-state index in [2.05, 4.69) is 0 Å². The van der Waals surface area contributed by atoms with Gasteiger partial charge in [0.1, 0.15) is 6.04 Å². The molecule has 0 saturated carbocycles. The average molecular weight is 145 g/mol. The summed E-state index contributed by atoms with van der Waals surface area (Å²) in [5.74, 6) is -3.34. The lowest BCUT2D eigenvalue weighted by molar-refractivity contribution is -0.234. The number of alkyl halides is 2. The van der Waals surface area contributed by atoms with Crippen LogP contribution in [-0.4, -0.2) is 17.3 Å². The lowest BCUT2D eigenvalue weighted by Gasteiger charge is -2.17. The molecule has 1 unspecified atom stereocenters. The van der Waals surface area contributed by atoms with Gasteiger partial charge in [-0.2, -0.15) is 0 Å². The predicted octanol–water partition coefficient (Wildman–Crippen LogP) is 2.10. The molecular formula is C4H7F4N. The first-order chi connectivity index (χ1) is 3.85. The maximum Gasteiger partial charge on any atom is 0.265 e. The van der Waals surface area contributed by atoms with E-state index in [1.54, 1.807) is 0 Å². The van der Waals surface area contributed by atoms with Crippen LogP contribution in [0.3, 0.4) is 0 Å². The third-order valence-electron chi connectivity index (χ3n) is 1.03. The number of hydrogen-bond donors (Lipinski definition) is 0.